The Morgan fingerprint density at radius 2 is 1.78 bits per heavy atom. The predicted molar refractivity (Wildman–Crippen MR) is 183 cm³/mol. The van der Waals surface area contributed by atoms with E-state index in [1.54, 1.807) is 71.6 Å². The lowest BCUT2D eigenvalue weighted by molar-refractivity contribution is -0.123. The van der Waals surface area contributed by atoms with Crippen LogP contribution in [0.1, 0.15) is 32.7 Å². The van der Waals surface area contributed by atoms with Crippen LogP contribution >= 0.6 is 0 Å². The van der Waals surface area contributed by atoms with Gasteiger partial charge in [0.25, 0.3) is 17.7 Å². The van der Waals surface area contributed by atoms with Crippen LogP contribution in [0.3, 0.4) is 0 Å². The maximum absolute atomic E-state index is 14.8. The second-order valence-electron chi connectivity index (χ2n) is 12.2. The molecule has 0 unspecified atom stereocenters. The van der Waals surface area contributed by atoms with Crippen LogP contribution in [0.25, 0.3) is 22.0 Å². The molecule has 1 fully saturated rings. The van der Waals surface area contributed by atoms with E-state index in [1.165, 1.54) is 25.3 Å². The number of rotatable bonds is 2. The van der Waals surface area contributed by atoms with E-state index in [9.17, 15) is 23.6 Å². The molecule has 4 aromatic carbocycles. The van der Waals surface area contributed by atoms with Gasteiger partial charge in [0.05, 0.1) is 18.7 Å². The number of H-pyrrole nitrogens is 1. The van der Waals surface area contributed by atoms with Gasteiger partial charge in [-0.2, -0.15) is 0 Å². The van der Waals surface area contributed by atoms with Gasteiger partial charge in [0.1, 0.15) is 29.2 Å². The monoisotopic (exact) mass is 676 g/mol. The lowest BCUT2D eigenvalue weighted by atomic mass is 9.98. The fourth-order valence-corrected chi connectivity index (χ4v) is 6.39. The van der Waals surface area contributed by atoms with Crippen molar-refractivity contribution in [3.63, 3.8) is 0 Å². The van der Waals surface area contributed by atoms with E-state index >= 15 is 0 Å². The van der Waals surface area contributed by atoms with Crippen LogP contribution in [0.4, 0.5) is 4.39 Å². The Morgan fingerprint density at radius 3 is 2.64 bits per heavy atom. The number of benzene rings is 4. The maximum atomic E-state index is 14.8. The Morgan fingerprint density at radius 1 is 0.920 bits per heavy atom. The first-order valence-corrected chi connectivity index (χ1v) is 16.1. The first-order valence-electron chi connectivity index (χ1n) is 16.1. The number of halogens is 1. The largest absolute Gasteiger partial charge is 0.496 e. The molecule has 50 heavy (non-hydrogen) atoms. The number of aromatic amines is 1. The number of carbonyl (C=O) groups excluding carboxylic acids is 3. The Bertz CT molecular complexity index is 2180. The normalized spacial score (nSPS) is 17.8. The van der Waals surface area contributed by atoms with Crippen molar-refractivity contribution in [3.8, 4) is 28.4 Å². The van der Waals surface area contributed by atoms with E-state index in [2.05, 4.69) is 15.6 Å². The number of nitrogens with zero attached hydrogens (tertiary/aromatic N) is 1. The Kier molecular flexibility index (Phi) is 8.90. The first-order chi connectivity index (χ1) is 24.2. The quantitative estimate of drug-likeness (QED) is 0.251. The van der Waals surface area contributed by atoms with Crippen LogP contribution < -0.4 is 30.4 Å². The molecule has 0 spiro atoms. The van der Waals surface area contributed by atoms with Crippen molar-refractivity contribution in [1.29, 1.82) is 0 Å². The number of hydrogen-bond acceptors (Lipinski definition) is 7. The number of pyridine rings is 1. The van der Waals surface area contributed by atoms with Crippen LogP contribution in [0.15, 0.2) is 95.8 Å². The number of carbonyl (C=O) groups is 3. The third-order valence-corrected chi connectivity index (χ3v) is 8.82. The molecule has 1 aromatic heterocycles. The van der Waals surface area contributed by atoms with Gasteiger partial charge in [0.15, 0.2) is 6.61 Å². The lowest BCUT2D eigenvalue weighted by Crippen LogP contribution is -2.58. The minimum atomic E-state index is -0.732. The summed E-state index contributed by atoms with van der Waals surface area (Å²) in [6.45, 7) is 0.0553. The topological polar surface area (TPSA) is 139 Å². The zero-order valence-corrected chi connectivity index (χ0v) is 27.0. The van der Waals surface area contributed by atoms with Crippen molar-refractivity contribution in [2.75, 3.05) is 26.8 Å². The van der Waals surface area contributed by atoms with E-state index in [0.29, 0.717) is 51.1 Å². The van der Waals surface area contributed by atoms with Crippen molar-refractivity contribution in [1.82, 2.24) is 20.5 Å². The van der Waals surface area contributed by atoms with Gasteiger partial charge in [-0.25, -0.2) is 4.39 Å². The molecule has 2 aliphatic heterocycles. The summed E-state index contributed by atoms with van der Waals surface area (Å²) in [5.41, 5.74) is 2.47. The number of amides is 3. The van der Waals surface area contributed by atoms with E-state index in [-0.39, 0.29) is 43.5 Å². The van der Waals surface area contributed by atoms with Crippen LogP contribution in [0.5, 0.6) is 17.2 Å². The van der Waals surface area contributed by atoms with Gasteiger partial charge < -0.3 is 34.7 Å². The molecule has 12 heteroatoms. The van der Waals surface area contributed by atoms with Crippen molar-refractivity contribution in [2.45, 2.75) is 25.1 Å². The highest BCUT2D eigenvalue weighted by Gasteiger charge is 2.35. The Labute approximate surface area is 286 Å². The minimum Gasteiger partial charge on any atom is -0.496 e. The Hall–Kier alpha value is -6.17. The molecule has 7 rings (SSSR count). The number of para-hydroxylation sites is 1. The number of piperidine rings is 1. The van der Waals surface area contributed by atoms with E-state index < -0.39 is 35.3 Å². The van der Waals surface area contributed by atoms with Crippen LogP contribution in [0, 0.1) is 5.82 Å². The summed E-state index contributed by atoms with van der Waals surface area (Å²) in [5, 5.41) is 6.40. The number of nitrogens with one attached hydrogen (secondary N) is 3. The number of hydrogen-bond donors (Lipinski definition) is 3. The molecule has 3 N–H and O–H groups in total. The molecule has 0 saturated carbocycles. The highest BCUT2D eigenvalue weighted by atomic mass is 19.1. The number of ether oxygens (including phenoxy) is 3. The summed E-state index contributed by atoms with van der Waals surface area (Å²) in [6, 6.07) is 23.8. The summed E-state index contributed by atoms with van der Waals surface area (Å²) < 4.78 is 32.5. The molecule has 5 aromatic rings. The van der Waals surface area contributed by atoms with E-state index in [4.69, 9.17) is 14.2 Å². The van der Waals surface area contributed by atoms with Gasteiger partial charge >= 0.3 is 0 Å². The molecule has 254 valence electrons. The smallest absolute Gasteiger partial charge is 0.258 e. The Balaban J connectivity index is 1.26. The summed E-state index contributed by atoms with van der Waals surface area (Å²) >= 11 is 0. The highest BCUT2D eigenvalue weighted by Crippen LogP contribution is 2.33. The molecule has 11 nitrogen and oxygen atoms in total. The highest BCUT2D eigenvalue weighted by molar-refractivity contribution is 6.06. The molecule has 0 aliphatic carbocycles. The van der Waals surface area contributed by atoms with Crippen molar-refractivity contribution >= 4 is 28.6 Å². The van der Waals surface area contributed by atoms with Gasteiger partial charge in [-0.3, -0.25) is 19.2 Å². The second kappa shape index (κ2) is 13.7. The van der Waals surface area contributed by atoms with Crippen molar-refractivity contribution in [3.05, 3.63) is 124 Å². The molecule has 3 amide bonds. The summed E-state index contributed by atoms with van der Waals surface area (Å²) in [6.07, 6.45) is -0.369. The van der Waals surface area contributed by atoms with Gasteiger partial charge in [0.2, 0.25) is 5.56 Å². The predicted octanol–water partition coefficient (Wildman–Crippen LogP) is 4.44. The number of methoxy groups -OCH3 is 1. The number of fused-ring (bicyclic) bond motifs is 9. The molecule has 6 bridgehead atoms. The number of aromatic nitrogens is 1. The number of likely N-dealkylation sites (tertiary alicyclic amines) is 1. The van der Waals surface area contributed by atoms with E-state index in [1.807, 2.05) is 6.07 Å². The van der Waals surface area contributed by atoms with Crippen LogP contribution in [-0.2, 0) is 11.3 Å². The minimum absolute atomic E-state index is 0.0245. The molecule has 2 aliphatic rings. The third kappa shape index (κ3) is 6.86. The SMILES string of the molecule is COc1ccc2cc1-c1cccc(c1)OCC(=O)NCc1cc(F)cc(c1)O[C@@H]1CCN(C(=O)c3cc(=O)[nH]c4ccccc34)C[C@H]1NC2=O. The van der Waals surface area contributed by atoms with Gasteiger partial charge in [-0.15, -0.1) is 0 Å². The van der Waals surface area contributed by atoms with Gasteiger partial charge in [0, 0.05) is 60.2 Å². The van der Waals surface area contributed by atoms with Crippen LogP contribution in [0.2, 0.25) is 0 Å². The molecular formula is C38H33FN4O7. The maximum Gasteiger partial charge on any atom is 0.258 e. The zero-order chi connectivity index (χ0) is 34.8. The summed E-state index contributed by atoms with van der Waals surface area (Å²) in [5.74, 6) is -0.612. The van der Waals surface area contributed by atoms with Gasteiger partial charge in [-0.05, 0) is 59.7 Å². The van der Waals surface area contributed by atoms with Crippen LogP contribution in [-0.4, -0.2) is 66.6 Å². The average Bonchev–Trinajstić information content (AvgIpc) is 3.12. The molecule has 2 atom stereocenters. The standard InChI is InChI=1S/C38H33FN4O7/c1-48-33-10-9-24-16-29(33)23-5-4-6-26(15-23)49-21-36(45)40-19-22-13-25(39)17-27(14-22)50-34-11-12-43(20-32(34)42-37(24)46)38(47)30-18-35(44)41-31-8-3-2-7-28(30)31/h2-10,13-18,32,34H,11-12,19-21H2,1H3,(H,40,45)(H,41,44)(H,42,46)/t32-,34-/m1/s1. The summed E-state index contributed by atoms with van der Waals surface area (Å²) in [4.78, 5) is 57.4. The van der Waals surface area contributed by atoms with Crippen molar-refractivity contribution in [2.24, 2.45) is 0 Å². The van der Waals surface area contributed by atoms with E-state index in [0.717, 1.165) is 0 Å². The fraction of sp³-hybridized carbons (Fsp3) is 0.211. The van der Waals surface area contributed by atoms with Crippen molar-refractivity contribution < 1.29 is 33.0 Å². The lowest BCUT2D eigenvalue weighted by Gasteiger charge is -2.39. The molecule has 0 radical (unpaired) electrons. The molecule has 1 saturated heterocycles. The summed E-state index contributed by atoms with van der Waals surface area (Å²) in [7, 11) is 1.53. The average molecular weight is 677 g/mol. The first kappa shape index (κ1) is 32.4. The molecular weight excluding hydrogens is 643 g/mol. The fourth-order valence-electron chi connectivity index (χ4n) is 6.39. The molecule has 3 heterocycles. The van der Waals surface area contributed by atoms with Gasteiger partial charge in [-0.1, -0.05) is 30.3 Å². The second-order valence-corrected chi connectivity index (χ2v) is 12.2. The third-order valence-electron chi connectivity index (χ3n) is 8.82. The zero-order valence-electron chi connectivity index (χ0n) is 27.0.